The van der Waals surface area contributed by atoms with Gasteiger partial charge in [0.1, 0.15) is 29.1 Å². The second-order valence-electron chi connectivity index (χ2n) is 3.53. The summed E-state index contributed by atoms with van der Waals surface area (Å²) in [4.78, 5) is 8.00. The summed E-state index contributed by atoms with van der Waals surface area (Å²) in [6.07, 6.45) is 1.54. The lowest BCUT2D eigenvalue weighted by Crippen LogP contribution is -2.07. The first kappa shape index (κ1) is 11.8. The molecule has 6 heteroatoms. The van der Waals surface area contributed by atoms with E-state index in [2.05, 4.69) is 15.3 Å². The van der Waals surface area contributed by atoms with E-state index in [1.54, 1.807) is 12.1 Å². The van der Waals surface area contributed by atoms with E-state index in [0.29, 0.717) is 17.3 Å². The summed E-state index contributed by atoms with van der Waals surface area (Å²) < 4.78 is 13.3. The molecule has 0 aliphatic rings. The third-order valence-corrected chi connectivity index (χ3v) is 2.29. The van der Waals surface area contributed by atoms with Crippen molar-refractivity contribution in [1.82, 2.24) is 9.97 Å². The molecule has 0 spiro atoms. The summed E-state index contributed by atoms with van der Waals surface area (Å²) in [5, 5.41) is 11.8. The summed E-state index contributed by atoms with van der Waals surface area (Å²) in [5.41, 5.74) is 5.90. The first-order valence-electron chi connectivity index (χ1n) is 5.20. The van der Waals surface area contributed by atoms with Crippen molar-refractivity contribution in [3.05, 3.63) is 47.7 Å². The number of nitrogens with one attached hydrogen (secondary N) is 1. The van der Waals surface area contributed by atoms with E-state index in [4.69, 9.17) is 11.0 Å². The molecule has 0 fully saturated rings. The summed E-state index contributed by atoms with van der Waals surface area (Å²) in [6, 6.07) is 7.77. The van der Waals surface area contributed by atoms with Crippen molar-refractivity contribution >= 4 is 11.5 Å². The molecule has 1 aromatic carbocycles. The van der Waals surface area contributed by atoms with Crippen molar-refractivity contribution in [2.24, 2.45) is 0 Å². The van der Waals surface area contributed by atoms with Crippen molar-refractivity contribution in [2.45, 2.75) is 6.54 Å². The van der Waals surface area contributed by atoms with Crippen LogP contribution in [0.15, 0.2) is 30.5 Å². The molecule has 0 amide bonds. The number of nitrogens with two attached hydrogens (primary N) is 1. The van der Waals surface area contributed by atoms with Gasteiger partial charge in [0.2, 0.25) is 0 Å². The van der Waals surface area contributed by atoms with Crippen LogP contribution in [0.1, 0.15) is 11.4 Å². The molecule has 0 radical (unpaired) electrons. The van der Waals surface area contributed by atoms with Crippen LogP contribution in [0, 0.1) is 17.1 Å². The highest BCUT2D eigenvalue weighted by Gasteiger charge is 2.07. The van der Waals surface area contributed by atoms with Gasteiger partial charge in [-0.05, 0) is 18.2 Å². The van der Waals surface area contributed by atoms with Gasteiger partial charge >= 0.3 is 0 Å². The maximum Gasteiger partial charge on any atom is 0.149 e. The molecular weight excluding hydrogens is 233 g/mol. The van der Waals surface area contributed by atoms with Crippen molar-refractivity contribution in [3.8, 4) is 6.07 Å². The topological polar surface area (TPSA) is 87.6 Å². The number of benzene rings is 1. The molecule has 0 aliphatic heterocycles. The summed E-state index contributed by atoms with van der Waals surface area (Å²) in [5.74, 6) is 0.278. The maximum atomic E-state index is 13.3. The molecule has 0 bridgehead atoms. The second kappa shape index (κ2) is 5.10. The number of halogens is 1. The number of nitrogen functional groups attached to an aromatic ring is 1. The highest BCUT2D eigenvalue weighted by Crippen LogP contribution is 2.18. The van der Waals surface area contributed by atoms with Gasteiger partial charge in [0.25, 0.3) is 0 Å². The Morgan fingerprint density at radius 1 is 1.39 bits per heavy atom. The quantitative estimate of drug-likeness (QED) is 0.856. The van der Waals surface area contributed by atoms with E-state index in [-0.39, 0.29) is 12.1 Å². The van der Waals surface area contributed by atoms with Gasteiger partial charge in [0.15, 0.2) is 0 Å². The molecule has 0 unspecified atom stereocenters. The number of nitrogens with zero attached hydrogens (tertiary/aromatic N) is 3. The molecule has 0 saturated heterocycles. The minimum absolute atomic E-state index is 0.0265. The van der Waals surface area contributed by atoms with Gasteiger partial charge in [-0.2, -0.15) is 5.26 Å². The largest absolute Gasteiger partial charge is 0.384 e. The molecule has 18 heavy (non-hydrogen) atoms. The number of nitriles is 1. The molecule has 1 aromatic heterocycles. The average Bonchev–Trinajstić information content (AvgIpc) is 2.36. The fourth-order valence-corrected chi connectivity index (χ4v) is 1.46. The Kier molecular flexibility index (Phi) is 3.34. The third kappa shape index (κ3) is 2.52. The predicted octanol–water partition coefficient (Wildman–Crippen LogP) is 1.68. The predicted molar refractivity (Wildman–Crippen MR) is 64.9 cm³/mol. The molecule has 2 rings (SSSR count). The van der Waals surface area contributed by atoms with E-state index in [0.717, 1.165) is 0 Å². The molecule has 3 N–H and O–H groups in total. The van der Waals surface area contributed by atoms with E-state index in [1.807, 2.05) is 6.07 Å². The molecule has 0 saturated carbocycles. The van der Waals surface area contributed by atoms with Gasteiger partial charge in [0, 0.05) is 6.20 Å². The minimum Gasteiger partial charge on any atom is -0.384 e. The van der Waals surface area contributed by atoms with Crippen LogP contribution in [0.4, 0.5) is 15.9 Å². The normalized spacial score (nSPS) is 9.78. The maximum absolute atomic E-state index is 13.3. The first-order chi connectivity index (χ1) is 8.70. The summed E-state index contributed by atoms with van der Waals surface area (Å²) >= 11 is 0. The zero-order valence-corrected chi connectivity index (χ0v) is 9.39. The number of hydrogen-bond acceptors (Lipinski definition) is 5. The number of rotatable bonds is 3. The zero-order chi connectivity index (χ0) is 13.0. The molecule has 5 nitrogen and oxygen atoms in total. The van der Waals surface area contributed by atoms with E-state index >= 15 is 0 Å². The lowest BCUT2D eigenvalue weighted by atomic mass is 10.2. The van der Waals surface area contributed by atoms with Gasteiger partial charge in [-0.3, -0.25) is 0 Å². The third-order valence-electron chi connectivity index (χ3n) is 2.29. The fourth-order valence-electron chi connectivity index (χ4n) is 1.46. The van der Waals surface area contributed by atoms with E-state index < -0.39 is 5.82 Å². The summed E-state index contributed by atoms with van der Waals surface area (Å²) in [7, 11) is 0. The Morgan fingerprint density at radius 3 is 2.94 bits per heavy atom. The molecule has 90 valence electrons. The SMILES string of the molecule is N#Cc1c(F)cccc1NCc1nccc(N)n1. The van der Waals surface area contributed by atoms with Gasteiger partial charge in [-0.1, -0.05) is 6.07 Å². The van der Waals surface area contributed by atoms with E-state index in [9.17, 15) is 4.39 Å². The van der Waals surface area contributed by atoms with Crippen LogP contribution >= 0.6 is 0 Å². The smallest absolute Gasteiger partial charge is 0.149 e. The molecular formula is C12H10FN5. The Balaban J connectivity index is 2.16. The van der Waals surface area contributed by atoms with Crippen molar-refractivity contribution in [3.63, 3.8) is 0 Å². The fraction of sp³-hybridized carbons (Fsp3) is 0.0833. The minimum atomic E-state index is -0.559. The Bertz CT molecular complexity index is 606. The average molecular weight is 243 g/mol. The van der Waals surface area contributed by atoms with Crippen molar-refractivity contribution < 1.29 is 4.39 Å². The van der Waals surface area contributed by atoms with Crippen LogP contribution in [-0.4, -0.2) is 9.97 Å². The lowest BCUT2D eigenvalue weighted by Gasteiger charge is -2.07. The molecule has 0 aliphatic carbocycles. The molecule has 1 heterocycles. The standard InChI is InChI=1S/C12H10FN5/c13-9-2-1-3-10(8(9)6-14)17-7-12-16-5-4-11(15)18-12/h1-5,17H,7H2,(H2,15,16,18). The summed E-state index contributed by atoms with van der Waals surface area (Å²) in [6.45, 7) is 0.267. The van der Waals surface area contributed by atoms with Crippen LogP contribution in [-0.2, 0) is 6.54 Å². The highest BCUT2D eigenvalue weighted by molar-refractivity contribution is 5.57. The van der Waals surface area contributed by atoms with Crippen LogP contribution in [0.2, 0.25) is 0 Å². The van der Waals surface area contributed by atoms with Crippen LogP contribution in [0.25, 0.3) is 0 Å². The Hall–Kier alpha value is -2.68. The van der Waals surface area contributed by atoms with Crippen LogP contribution in [0.5, 0.6) is 0 Å². The van der Waals surface area contributed by atoms with E-state index in [1.165, 1.54) is 18.3 Å². The van der Waals surface area contributed by atoms with Crippen LogP contribution in [0.3, 0.4) is 0 Å². The first-order valence-corrected chi connectivity index (χ1v) is 5.20. The Labute approximate surface area is 103 Å². The van der Waals surface area contributed by atoms with Crippen molar-refractivity contribution in [2.75, 3.05) is 11.1 Å². The Morgan fingerprint density at radius 2 is 2.22 bits per heavy atom. The van der Waals surface area contributed by atoms with Crippen molar-refractivity contribution in [1.29, 1.82) is 5.26 Å². The monoisotopic (exact) mass is 243 g/mol. The van der Waals surface area contributed by atoms with Gasteiger partial charge in [0.05, 0.1) is 12.2 Å². The lowest BCUT2D eigenvalue weighted by molar-refractivity contribution is 0.624. The van der Waals surface area contributed by atoms with Gasteiger partial charge in [-0.25, -0.2) is 14.4 Å². The zero-order valence-electron chi connectivity index (χ0n) is 9.39. The van der Waals surface area contributed by atoms with Gasteiger partial charge in [-0.15, -0.1) is 0 Å². The highest BCUT2D eigenvalue weighted by atomic mass is 19.1. The van der Waals surface area contributed by atoms with Gasteiger partial charge < -0.3 is 11.1 Å². The van der Waals surface area contributed by atoms with Crippen LogP contribution < -0.4 is 11.1 Å². The number of anilines is 2. The molecule has 0 atom stereocenters. The second-order valence-corrected chi connectivity index (χ2v) is 3.53. The molecule has 2 aromatic rings. The number of hydrogen-bond donors (Lipinski definition) is 2. The number of aromatic nitrogens is 2.